The number of hydrogen-bond acceptors (Lipinski definition) is 5. The number of ether oxygens (including phenoxy) is 1. The number of rotatable bonds is 7. The number of nitrogens with zero attached hydrogens (tertiary/aromatic N) is 2. The largest absolute Gasteiger partial charge is 0.484 e. The predicted octanol–water partition coefficient (Wildman–Crippen LogP) is 4.05. The third-order valence-corrected chi connectivity index (χ3v) is 4.94. The van der Waals surface area contributed by atoms with Gasteiger partial charge in [0.05, 0.1) is 11.5 Å². The van der Waals surface area contributed by atoms with E-state index in [1.807, 2.05) is 42.5 Å². The molecule has 4 rings (SSSR count). The highest BCUT2D eigenvalue weighted by Gasteiger charge is 2.19. The van der Waals surface area contributed by atoms with Gasteiger partial charge in [-0.25, -0.2) is 0 Å². The number of fused-ring (bicyclic) bond motifs is 1. The molecule has 0 saturated carbocycles. The van der Waals surface area contributed by atoms with E-state index in [9.17, 15) is 19.7 Å². The highest BCUT2D eigenvalue weighted by atomic mass is 16.6. The van der Waals surface area contributed by atoms with Crippen LogP contribution in [-0.2, 0) is 11.3 Å². The molecule has 1 aromatic heterocycles. The molecule has 160 valence electrons. The van der Waals surface area contributed by atoms with Gasteiger partial charge >= 0.3 is 0 Å². The topological polar surface area (TPSA) is 106 Å². The number of amides is 1. The van der Waals surface area contributed by atoms with Crippen LogP contribution in [0.2, 0.25) is 0 Å². The van der Waals surface area contributed by atoms with Crippen LogP contribution in [0.1, 0.15) is 5.56 Å². The second kappa shape index (κ2) is 9.13. The lowest BCUT2D eigenvalue weighted by atomic mass is 10.1. The lowest BCUT2D eigenvalue weighted by Gasteiger charge is -2.23. The van der Waals surface area contributed by atoms with Crippen LogP contribution < -0.4 is 15.2 Å². The standard InChI is InChI=1S/C24H19N3O5/c28-23-14-17(21-8-4-5-9-22(21)25-23)15-26(18-6-2-1-3-7-18)24(29)16-32-20-12-10-19(11-13-20)27(30)31/h1-14H,15-16H2,(H,25,28). The van der Waals surface area contributed by atoms with Gasteiger partial charge in [0.2, 0.25) is 5.56 Å². The zero-order chi connectivity index (χ0) is 22.5. The fourth-order valence-corrected chi connectivity index (χ4v) is 3.40. The Kier molecular flexibility index (Phi) is 5.94. The summed E-state index contributed by atoms with van der Waals surface area (Å²) in [5.74, 6) is 0.0254. The number of hydrogen-bond donors (Lipinski definition) is 1. The molecule has 4 aromatic rings. The minimum Gasteiger partial charge on any atom is -0.484 e. The minimum atomic E-state index is -0.502. The maximum absolute atomic E-state index is 13.1. The maximum Gasteiger partial charge on any atom is 0.269 e. The first-order valence-electron chi connectivity index (χ1n) is 9.85. The van der Waals surface area contributed by atoms with Crippen molar-refractivity contribution in [3.8, 4) is 5.75 Å². The van der Waals surface area contributed by atoms with Crippen molar-refractivity contribution >= 4 is 28.2 Å². The zero-order valence-corrected chi connectivity index (χ0v) is 16.9. The average Bonchev–Trinajstić information content (AvgIpc) is 2.81. The fraction of sp³-hybridized carbons (Fsp3) is 0.0833. The smallest absolute Gasteiger partial charge is 0.269 e. The summed E-state index contributed by atoms with van der Waals surface area (Å²) >= 11 is 0. The Labute approximate surface area is 182 Å². The molecule has 1 amide bonds. The molecule has 0 radical (unpaired) electrons. The first kappa shape index (κ1) is 20.8. The molecule has 0 spiro atoms. The molecular formula is C24H19N3O5. The summed E-state index contributed by atoms with van der Waals surface area (Å²) in [5, 5.41) is 11.6. The van der Waals surface area contributed by atoms with Gasteiger partial charge in [0, 0.05) is 34.8 Å². The van der Waals surface area contributed by atoms with Crippen LogP contribution in [0.3, 0.4) is 0 Å². The Morgan fingerprint density at radius 1 is 0.969 bits per heavy atom. The summed E-state index contributed by atoms with van der Waals surface area (Å²) in [6.07, 6.45) is 0. The number of nitrogens with one attached hydrogen (secondary N) is 1. The molecule has 0 bridgehead atoms. The van der Waals surface area contributed by atoms with E-state index < -0.39 is 4.92 Å². The molecule has 1 N–H and O–H groups in total. The maximum atomic E-state index is 13.1. The molecule has 1 heterocycles. The van der Waals surface area contributed by atoms with Gasteiger partial charge in [-0.1, -0.05) is 36.4 Å². The van der Waals surface area contributed by atoms with Crippen LogP contribution in [0.4, 0.5) is 11.4 Å². The first-order chi connectivity index (χ1) is 15.5. The van der Waals surface area contributed by atoms with E-state index in [1.54, 1.807) is 17.0 Å². The van der Waals surface area contributed by atoms with Gasteiger partial charge in [0.1, 0.15) is 5.75 Å². The number of pyridine rings is 1. The second-order valence-corrected chi connectivity index (χ2v) is 7.06. The highest BCUT2D eigenvalue weighted by molar-refractivity contribution is 5.95. The molecule has 0 unspecified atom stereocenters. The van der Waals surface area contributed by atoms with Crippen molar-refractivity contribution in [2.45, 2.75) is 6.54 Å². The van der Waals surface area contributed by atoms with Crippen LogP contribution in [0.5, 0.6) is 5.75 Å². The van der Waals surface area contributed by atoms with Crippen molar-refractivity contribution in [1.82, 2.24) is 4.98 Å². The number of carbonyl (C=O) groups is 1. The Morgan fingerprint density at radius 2 is 1.66 bits per heavy atom. The molecule has 0 fully saturated rings. The molecule has 8 heteroatoms. The number of para-hydroxylation sites is 2. The highest BCUT2D eigenvalue weighted by Crippen LogP contribution is 2.22. The monoisotopic (exact) mass is 429 g/mol. The van der Waals surface area contributed by atoms with Crippen LogP contribution >= 0.6 is 0 Å². The van der Waals surface area contributed by atoms with E-state index in [2.05, 4.69) is 4.98 Å². The quantitative estimate of drug-likeness (QED) is 0.352. The van der Waals surface area contributed by atoms with E-state index in [4.69, 9.17) is 4.74 Å². The second-order valence-electron chi connectivity index (χ2n) is 7.06. The molecule has 0 atom stereocenters. The number of aromatic nitrogens is 1. The van der Waals surface area contributed by atoms with Gasteiger partial charge in [-0.15, -0.1) is 0 Å². The Hall–Kier alpha value is -4.46. The van der Waals surface area contributed by atoms with E-state index in [0.717, 1.165) is 5.39 Å². The molecule has 0 aliphatic carbocycles. The third kappa shape index (κ3) is 4.65. The van der Waals surface area contributed by atoms with Gasteiger partial charge in [-0.05, 0) is 35.9 Å². The minimum absolute atomic E-state index is 0.0595. The number of H-pyrrole nitrogens is 1. The molecule has 0 aliphatic rings. The van der Waals surface area contributed by atoms with Gasteiger partial charge in [0.15, 0.2) is 6.61 Å². The zero-order valence-electron chi connectivity index (χ0n) is 16.9. The third-order valence-electron chi connectivity index (χ3n) is 4.94. The normalized spacial score (nSPS) is 10.6. The fourth-order valence-electron chi connectivity index (χ4n) is 3.40. The van der Waals surface area contributed by atoms with E-state index >= 15 is 0 Å². The van der Waals surface area contributed by atoms with Gasteiger partial charge in [0.25, 0.3) is 11.6 Å². The summed E-state index contributed by atoms with van der Waals surface area (Å²) in [7, 11) is 0. The number of nitro benzene ring substituents is 1. The SMILES string of the molecule is O=C(COc1ccc([N+](=O)[O-])cc1)N(Cc1cc(=O)[nH]c2ccccc12)c1ccccc1. The predicted molar refractivity (Wildman–Crippen MR) is 121 cm³/mol. The number of anilines is 1. The van der Waals surface area contributed by atoms with Gasteiger partial charge in [-0.2, -0.15) is 0 Å². The van der Waals surface area contributed by atoms with Crippen molar-refractivity contribution < 1.29 is 14.5 Å². The summed E-state index contributed by atoms with van der Waals surface area (Å²) in [5.41, 5.74) is 1.75. The first-order valence-corrected chi connectivity index (χ1v) is 9.85. The van der Waals surface area contributed by atoms with Crippen molar-refractivity contribution in [2.75, 3.05) is 11.5 Å². The van der Waals surface area contributed by atoms with Gasteiger partial charge < -0.3 is 14.6 Å². The number of aromatic amines is 1. The Morgan fingerprint density at radius 3 is 2.38 bits per heavy atom. The molecular weight excluding hydrogens is 410 g/mol. The number of carbonyl (C=O) groups excluding carboxylic acids is 1. The number of non-ortho nitro benzene ring substituents is 1. The lowest BCUT2D eigenvalue weighted by molar-refractivity contribution is -0.384. The van der Waals surface area contributed by atoms with Crippen LogP contribution in [0.25, 0.3) is 10.9 Å². The van der Waals surface area contributed by atoms with Crippen LogP contribution in [0.15, 0.2) is 89.7 Å². The summed E-state index contributed by atoms with van der Waals surface area (Å²) in [4.78, 5) is 39.9. The summed E-state index contributed by atoms with van der Waals surface area (Å²) in [6, 6.07) is 23.5. The summed E-state index contributed by atoms with van der Waals surface area (Å²) < 4.78 is 5.57. The van der Waals surface area contributed by atoms with Gasteiger partial charge in [-0.3, -0.25) is 19.7 Å². The lowest BCUT2D eigenvalue weighted by Crippen LogP contribution is -2.35. The van der Waals surface area contributed by atoms with Crippen LogP contribution in [-0.4, -0.2) is 22.4 Å². The van der Waals surface area contributed by atoms with E-state index in [-0.39, 0.29) is 30.3 Å². The Balaban J connectivity index is 1.60. The summed E-state index contributed by atoms with van der Waals surface area (Å²) in [6.45, 7) is -0.0925. The molecule has 32 heavy (non-hydrogen) atoms. The van der Waals surface area contributed by atoms with Crippen molar-refractivity contribution in [1.29, 1.82) is 0 Å². The van der Waals surface area contributed by atoms with E-state index in [1.165, 1.54) is 30.3 Å². The number of benzene rings is 3. The van der Waals surface area contributed by atoms with Crippen LogP contribution in [0, 0.1) is 10.1 Å². The number of nitro groups is 1. The van der Waals surface area contributed by atoms with Crippen molar-refractivity contribution in [3.63, 3.8) is 0 Å². The Bertz CT molecular complexity index is 1320. The molecule has 8 nitrogen and oxygen atoms in total. The molecule has 0 saturated heterocycles. The van der Waals surface area contributed by atoms with Crippen molar-refractivity contribution in [3.05, 3.63) is 111 Å². The average molecular weight is 429 g/mol. The van der Waals surface area contributed by atoms with Crippen molar-refractivity contribution in [2.24, 2.45) is 0 Å². The van der Waals surface area contributed by atoms with E-state index in [0.29, 0.717) is 22.5 Å². The molecule has 0 aliphatic heterocycles. The molecule has 3 aromatic carbocycles.